The molecule has 1 aromatic heterocycles. The fourth-order valence-electron chi connectivity index (χ4n) is 1.73. The monoisotopic (exact) mass is 183 g/mol. The second-order valence-electron chi connectivity index (χ2n) is 3.48. The summed E-state index contributed by atoms with van der Waals surface area (Å²) in [4.78, 5) is 4.37. The summed E-state index contributed by atoms with van der Waals surface area (Å²) in [6.07, 6.45) is 1.83. The first-order valence-corrected chi connectivity index (χ1v) is 4.76. The number of nitrogens with zero attached hydrogens (tertiary/aromatic N) is 1. The molecule has 0 bridgehead atoms. The van der Waals surface area contributed by atoms with Gasteiger partial charge in [-0.2, -0.15) is 0 Å². The second-order valence-corrected chi connectivity index (χ2v) is 3.48. The Bertz CT molecular complexity index is 412. The smallest absolute Gasteiger partial charge is 0.0707 e. The van der Waals surface area contributed by atoms with Crippen LogP contribution in [-0.2, 0) is 0 Å². The van der Waals surface area contributed by atoms with E-state index >= 15 is 0 Å². The Labute approximate surface area is 84.4 Å². The molecule has 0 atom stereocenters. The van der Waals surface area contributed by atoms with Crippen molar-refractivity contribution in [3.8, 4) is 11.3 Å². The van der Waals surface area contributed by atoms with E-state index in [0.717, 1.165) is 5.69 Å². The topological polar surface area (TPSA) is 12.9 Å². The molecule has 2 rings (SSSR count). The summed E-state index contributed by atoms with van der Waals surface area (Å²) in [5.41, 5.74) is 4.88. The average Bonchev–Trinajstić information content (AvgIpc) is 2.19. The van der Waals surface area contributed by atoms with Crippen molar-refractivity contribution in [1.82, 2.24) is 4.98 Å². The first kappa shape index (κ1) is 8.95. The van der Waals surface area contributed by atoms with E-state index in [0.29, 0.717) is 0 Å². The largest absolute Gasteiger partial charge is 0.256 e. The first-order chi connectivity index (χ1) is 6.79. The SMILES string of the molecule is Cc1cccc(C)c1-c1ccccn1. The Morgan fingerprint density at radius 2 is 1.57 bits per heavy atom. The predicted molar refractivity (Wildman–Crippen MR) is 59.1 cm³/mol. The molecule has 0 N–H and O–H groups in total. The Kier molecular flexibility index (Phi) is 2.32. The van der Waals surface area contributed by atoms with Crippen molar-refractivity contribution in [1.29, 1.82) is 0 Å². The predicted octanol–water partition coefficient (Wildman–Crippen LogP) is 3.37. The van der Waals surface area contributed by atoms with Crippen LogP contribution in [0.4, 0.5) is 0 Å². The third-order valence-electron chi connectivity index (χ3n) is 2.40. The van der Waals surface area contributed by atoms with E-state index in [-0.39, 0.29) is 0 Å². The van der Waals surface area contributed by atoms with Gasteiger partial charge in [0.15, 0.2) is 0 Å². The summed E-state index contributed by atoms with van der Waals surface area (Å²) in [7, 11) is 0. The van der Waals surface area contributed by atoms with Crippen molar-refractivity contribution in [2.45, 2.75) is 13.8 Å². The molecule has 0 aliphatic rings. The van der Waals surface area contributed by atoms with Crippen LogP contribution < -0.4 is 0 Å². The van der Waals surface area contributed by atoms with Gasteiger partial charge in [-0.05, 0) is 37.1 Å². The highest BCUT2D eigenvalue weighted by Crippen LogP contribution is 2.24. The lowest BCUT2D eigenvalue weighted by Gasteiger charge is -2.07. The summed E-state index contributed by atoms with van der Waals surface area (Å²) >= 11 is 0. The molecule has 0 radical (unpaired) electrons. The summed E-state index contributed by atoms with van der Waals surface area (Å²) in [6, 6.07) is 12.3. The van der Waals surface area contributed by atoms with Crippen LogP contribution in [0.25, 0.3) is 11.3 Å². The Balaban J connectivity index is 2.63. The minimum atomic E-state index is 1.06. The van der Waals surface area contributed by atoms with E-state index in [1.165, 1.54) is 16.7 Å². The van der Waals surface area contributed by atoms with E-state index in [1.54, 1.807) is 0 Å². The van der Waals surface area contributed by atoms with E-state index in [4.69, 9.17) is 0 Å². The van der Waals surface area contributed by atoms with Gasteiger partial charge in [-0.25, -0.2) is 0 Å². The molecule has 0 aliphatic carbocycles. The summed E-state index contributed by atoms with van der Waals surface area (Å²) in [6.45, 7) is 4.24. The lowest BCUT2D eigenvalue weighted by atomic mass is 10.00. The number of aryl methyl sites for hydroxylation is 2. The third-order valence-corrected chi connectivity index (χ3v) is 2.40. The zero-order valence-electron chi connectivity index (χ0n) is 8.49. The molecule has 14 heavy (non-hydrogen) atoms. The molecule has 0 unspecified atom stereocenters. The van der Waals surface area contributed by atoms with Gasteiger partial charge in [-0.3, -0.25) is 4.98 Å². The van der Waals surface area contributed by atoms with Gasteiger partial charge >= 0.3 is 0 Å². The summed E-state index contributed by atoms with van der Waals surface area (Å²) < 4.78 is 0. The van der Waals surface area contributed by atoms with Crippen LogP contribution in [0, 0.1) is 13.8 Å². The van der Waals surface area contributed by atoms with Gasteiger partial charge in [-0.1, -0.05) is 24.3 Å². The van der Waals surface area contributed by atoms with Gasteiger partial charge in [0.1, 0.15) is 0 Å². The van der Waals surface area contributed by atoms with Crippen LogP contribution in [0.5, 0.6) is 0 Å². The Hall–Kier alpha value is -1.63. The van der Waals surface area contributed by atoms with E-state index in [9.17, 15) is 0 Å². The van der Waals surface area contributed by atoms with Crippen LogP contribution in [0.3, 0.4) is 0 Å². The first-order valence-electron chi connectivity index (χ1n) is 4.76. The van der Waals surface area contributed by atoms with Crippen molar-refractivity contribution in [3.63, 3.8) is 0 Å². The molecule has 0 saturated carbocycles. The molecule has 0 fully saturated rings. The van der Waals surface area contributed by atoms with Crippen molar-refractivity contribution in [2.75, 3.05) is 0 Å². The zero-order chi connectivity index (χ0) is 9.97. The quantitative estimate of drug-likeness (QED) is 0.660. The highest BCUT2D eigenvalue weighted by molar-refractivity contribution is 5.67. The molecule has 0 aliphatic heterocycles. The Morgan fingerprint density at radius 1 is 0.857 bits per heavy atom. The van der Waals surface area contributed by atoms with Crippen LogP contribution in [0.15, 0.2) is 42.6 Å². The molecule has 1 heteroatoms. The van der Waals surface area contributed by atoms with Crippen LogP contribution in [0.2, 0.25) is 0 Å². The van der Waals surface area contributed by atoms with E-state index in [2.05, 4.69) is 43.1 Å². The number of aromatic nitrogens is 1. The molecule has 1 aromatic carbocycles. The maximum atomic E-state index is 4.37. The molecule has 0 amide bonds. The average molecular weight is 183 g/mol. The highest BCUT2D eigenvalue weighted by Gasteiger charge is 2.04. The van der Waals surface area contributed by atoms with Gasteiger partial charge in [0.2, 0.25) is 0 Å². The number of hydrogen-bond donors (Lipinski definition) is 0. The maximum Gasteiger partial charge on any atom is 0.0707 e. The van der Waals surface area contributed by atoms with Crippen LogP contribution in [0.1, 0.15) is 11.1 Å². The fourth-order valence-corrected chi connectivity index (χ4v) is 1.73. The highest BCUT2D eigenvalue weighted by atomic mass is 14.7. The number of rotatable bonds is 1. The molecular weight excluding hydrogens is 170 g/mol. The lowest BCUT2D eigenvalue weighted by Crippen LogP contribution is -1.89. The van der Waals surface area contributed by atoms with Crippen molar-refractivity contribution >= 4 is 0 Å². The van der Waals surface area contributed by atoms with Gasteiger partial charge < -0.3 is 0 Å². The lowest BCUT2D eigenvalue weighted by molar-refractivity contribution is 1.28. The van der Waals surface area contributed by atoms with Crippen LogP contribution >= 0.6 is 0 Å². The summed E-state index contributed by atoms with van der Waals surface area (Å²) in [5.74, 6) is 0. The normalized spacial score (nSPS) is 10.1. The molecule has 1 nitrogen and oxygen atoms in total. The minimum absolute atomic E-state index is 1.06. The number of pyridine rings is 1. The van der Waals surface area contributed by atoms with Crippen molar-refractivity contribution < 1.29 is 0 Å². The van der Waals surface area contributed by atoms with E-state index < -0.39 is 0 Å². The Morgan fingerprint density at radius 3 is 2.14 bits per heavy atom. The molecule has 70 valence electrons. The van der Waals surface area contributed by atoms with Gasteiger partial charge in [0.25, 0.3) is 0 Å². The molecule has 1 heterocycles. The zero-order valence-corrected chi connectivity index (χ0v) is 8.49. The van der Waals surface area contributed by atoms with Crippen molar-refractivity contribution in [2.24, 2.45) is 0 Å². The number of benzene rings is 1. The van der Waals surface area contributed by atoms with Crippen LogP contribution in [-0.4, -0.2) is 4.98 Å². The molecular formula is C13H13N. The van der Waals surface area contributed by atoms with Gasteiger partial charge in [0, 0.05) is 11.8 Å². The maximum absolute atomic E-state index is 4.37. The minimum Gasteiger partial charge on any atom is -0.256 e. The molecule has 0 saturated heterocycles. The van der Waals surface area contributed by atoms with E-state index in [1.807, 2.05) is 18.3 Å². The van der Waals surface area contributed by atoms with Crippen molar-refractivity contribution in [3.05, 3.63) is 53.7 Å². The standard InChI is InChI=1S/C13H13N/c1-10-6-5-7-11(2)13(10)12-8-3-4-9-14-12/h3-9H,1-2H3. The fraction of sp³-hybridized carbons (Fsp3) is 0.154. The van der Waals surface area contributed by atoms with Gasteiger partial charge in [-0.15, -0.1) is 0 Å². The van der Waals surface area contributed by atoms with Gasteiger partial charge in [0.05, 0.1) is 5.69 Å². The molecule has 2 aromatic rings. The second kappa shape index (κ2) is 3.62. The third kappa shape index (κ3) is 1.53. The molecule has 0 spiro atoms. The number of hydrogen-bond acceptors (Lipinski definition) is 1. The summed E-state index contributed by atoms with van der Waals surface area (Å²) in [5, 5.41) is 0.